The third-order valence-electron chi connectivity index (χ3n) is 2.41. The third kappa shape index (κ3) is 4.87. The number of phenols is 1. The third-order valence-corrected chi connectivity index (χ3v) is 2.41. The lowest BCUT2D eigenvalue weighted by Crippen LogP contribution is -2.43. The van der Waals surface area contributed by atoms with E-state index in [-0.39, 0.29) is 11.7 Å². The zero-order chi connectivity index (χ0) is 12.8. The van der Waals surface area contributed by atoms with Crippen molar-refractivity contribution < 1.29 is 9.90 Å². The largest absolute Gasteiger partial charge is 0.508 e. The predicted octanol–water partition coefficient (Wildman–Crippen LogP) is 1.03. The molecule has 94 valence electrons. The van der Waals surface area contributed by atoms with Crippen LogP contribution in [-0.4, -0.2) is 23.6 Å². The Hall–Kier alpha value is -1.55. The van der Waals surface area contributed by atoms with E-state index in [4.69, 9.17) is 10.8 Å². The standard InChI is InChI=1S/C13H20N2O2/c1-9(2)8-15-13(17)12(14)7-10-3-5-11(16)6-4-10/h3-6,9,12,16H,7-8,14H2,1-2H3,(H,15,17). The molecule has 0 aromatic heterocycles. The Morgan fingerprint density at radius 2 is 1.94 bits per heavy atom. The normalized spacial score (nSPS) is 12.5. The summed E-state index contributed by atoms with van der Waals surface area (Å²) in [6, 6.07) is 6.18. The van der Waals surface area contributed by atoms with Crippen molar-refractivity contribution in [3.05, 3.63) is 29.8 Å². The summed E-state index contributed by atoms with van der Waals surface area (Å²) in [5.74, 6) is 0.498. The van der Waals surface area contributed by atoms with Crippen LogP contribution in [0.25, 0.3) is 0 Å². The molecule has 0 aliphatic rings. The van der Waals surface area contributed by atoms with Crippen molar-refractivity contribution in [1.82, 2.24) is 5.32 Å². The summed E-state index contributed by atoms with van der Waals surface area (Å²) in [7, 11) is 0. The number of carbonyl (C=O) groups excluding carboxylic acids is 1. The number of hydrogen-bond acceptors (Lipinski definition) is 3. The SMILES string of the molecule is CC(C)CNC(=O)C(N)Cc1ccc(O)cc1. The zero-order valence-corrected chi connectivity index (χ0v) is 10.3. The molecule has 1 rings (SSSR count). The highest BCUT2D eigenvalue weighted by Crippen LogP contribution is 2.10. The molecular formula is C13H20N2O2. The van der Waals surface area contributed by atoms with Crippen molar-refractivity contribution in [2.75, 3.05) is 6.54 Å². The lowest BCUT2D eigenvalue weighted by Gasteiger charge is -2.13. The van der Waals surface area contributed by atoms with E-state index in [1.165, 1.54) is 0 Å². The van der Waals surface area contributed by atoms with Gasteiger partial charge in [0.1, 0.15) is 5.75 Å². The van der Waals surface area contributed by atoms with Crippen molar-refractivity contribution >= 4 is 5.91 Å². The van der Waals surface area contributed by atoms with Gasteiger partial charge in [-0.05, 0) is 30.0 Å². The fraction of sp³-hybridized carbons (Fsp3) is 0.462. The number of benzene rings is 1. The molecule has 1 atom stereocenters. The van der Waals surface area contributed by atoms with Gasteiger partial charge in [-0.2, -0.15) is 0 Å². The maximum atomic E-state index is 11.6. The number of rotatable bonds is 5. The first-order valence-electron chi connectivity index (χ1n) is 5.80. The van der Waals surface area contributed by atoms with Crippen LogP contribution in [0.1, 0.15) is 19.4 Å². The molecule has 0 spiro atoms. The molecule has 4 nitrogen and oxygen atoms in total. The van der Waals surface area contributed by atoms with Crippen LogP contribution >= 0.6 is 0 Å². The molecule has 0 fully saturated rings. The van der Waals surface area contributed by atoms with E-state index in [1.54, 1.807) is 24.3 Å². The summed E-state index contributed by atoms with van der Waals surface area (Å²) < 4.78 is 0. The highest BCUT2D eigenvalue weighted by Gasteiger charge is 2.13. The molecule has 0 saturated heterocycles. The van der Waals surface area contributed by atoms with E-state index in [0.717, 1.165) is 5.56 Å². The molecule has 1 aromatic carbocycles. The van der Waals surface area contributed by atoms with E-state index < -0.39 is 6.04 Å². The molecule has 4 heteroatoms. The monoisotopic (exact) mass is 236 g/mol. The van der Waals surface area contributed by atoms with Crippen molar-refractivity contribution in [2.45, 2.75) is 26.3 Å². The summed E-state index contributed by atoms with van der Waals surface area (Å²) in [6.45, 7) is 4.71. The van der Waals surface area contributed by atoms with Gasteiger partial charge in [0.25, 0.3) is 0 Å². The van der Waals surface area contributed by atoms with E-state index in [2.05, 4.69) is 5.32 Å². The lowest BCUT2D eigenvalue weighted by atomic mass is 10.1. The molecule has 0 aliphatic heterocycles. The predicted molar refractivity (Wildman–Crippen MR) is 67.6 cm³/mol. The average Bonchev–Trinajstić information content (AvgIpc) is 2.28. The van der Waals surface area contributed by atoms with Gasteiger partial charge >= 0.3 is 0 Å². The zero-order valence-electron chi connectivity index (χ0n) is 10.3. The molecule has 1 unspecified atom stereocenters. The highest BCUT2D eigenvalue weighted by molar-refractivity contribution is 5.81. The highest BCUT2D eigenvalue weighted by atomic mass is 16.3. The average molecular weight is 236 g/mol. The van der Waals surface area contributed by atoms with Gasteiger partial charge in [0.2, 0.25) is 5.91 Å². The maximum absolute atomic E-state index is 11.6. The van der Waals surface area contributed by atoms with Crippen LogP contribution in [0, 0.1) is 5.92 Å². The first-order valence-corrected chi connectivity index (χ1v) is 5.80. The van der Waals surface area contributed by atoms with Crippen LogP contribution in [0.2, 0.25) is 0 Å². The molecule has 1 amide bonds. The maximum Gasteiger partial charge on any atom is 0.237 e. The number of nitrogens with one attached hydrogen (secondary N) is 1. The molecule has 17 heavy (non-hydrogen) atoms. The van der Waals surface area contributed by atoms with Gasteiger partial charge in [-0.3, -0.25) is 4.79 Å². The van der Waals surface area contributed by atoms with Crippen LogP contribution in [0.5, 0.6) is 5.75 Å². The Kier molecular flexibility index (Phi) is 4.97. The summed E-state index contributed by atoms with van der Waals surface area (Å²) in [6.07, 6.45) is 0.476. The number of nitrogens with two attached hydrogens (primary N) is 1. The number of carbonyl (C=O) groups is 1. The second-order valence-corrected chi connectivity index (χ2v) is 4.62. The van der Waals surface area contributed by atoms with Gasteiger partial charge < -0.3 is 16.2 Å². The second kappa shape index (κ2) is 6.25. The first kappa shape index (κ1) is 13.5. The Bertz CT molecular complexity index is 360. The van der Waals surface area contributed by atoms with Gasteiger partial charge in [0.15, 0.2) is 0 Å². The van der Waals surface area contributed by atoms with Crippen LogP contribution in [0.4, 0.5) is 0 Å². The van der Waals surface area contributed by atoms with E-state index in [1.807, 2.05) is 13.8 Å². The van der Waals surface area contributed by atoms with Gasteiger partial charge in [-0.25, -0.2) is 0 Å². The van der Waals surface area contributed by atoms with Gasteiger partial charge in [-0.1, -0.05) is 26.0 Å². The summed E-state index contributed by atoms with van der Waals surface area (Å²) in [4.78, 5) is 11.6. The fourth-order valence-electron chi connectivity index (χ4n) is 1.41. The molecule has 0 heterocycles. The topological polar surface area (TPSA) is 75.4 Å². The Balaban J connectivity index is 2.45. The summed E-state index contributed by atoms with van der Waals surface area (Å²) in [5.41, 5.74) is 6.74. The smallest absolute Gasteiger partial charge is 0.237 e. The molecular weight excluding hydrogens is 216 g/mol. The van der Waals surface area contributed by atoms with Crippen molar-refractivity contribution in [2.24, 2.45) is 11.7 Å². The van der Waals surface area contributed by atoms with Crippen LogP contribution in [0.3, 0.4) is 0 Å². The van der Waals surface area contributed by atoms with Gasteiger partial charge in [0.05, 0.1) is 6.04 Å². The Morgan fingerprint density at radius 3 is 2.47 bits per heavy atom. The number of aromatic hydroxyl groups is 1. The van der Waals surface area contributed by atoms with Gasteiger partial charge in [0, 0.05) is 6.54 Å². The molecule has 0 aliphatic carbocycles. The summed E-state index contributed by atoms with van der Waals surface area (Å²) >= 11 is 0. The quantitative estimate of drug-likeness (QED) is 0.715. The number of amides is 1. The number of hydrogen-bond donors (Lipinski definition) is 3. The van der Waals surface area contributed by atoms with Crippen LogP contribution in [-0.2, 0) is 11.2 Å². The second-order valence-electron chi connectivity index (χ2n) is 4.62. The van der Waals surface area contributed by atoms with Crippen LogP contribution < -0.4 is 11.1 Å². The van der Waals surface area contributed by atoms with E-state index in [9.17, 15) is 4.79 Å². The number of phenolic OH excluding ortho intramolecular Hbond substituents is 1. The minimum atomic E-state index is -0.543. The molecule has 0 bridgehead atoms. The lowest BCUT2D eigenvalue weighted by molar-refractivity contribution is -0.122. The Morgan fingerprint density at radius 1 is 1.35 bits per heavy atom. The minimum Gasteiger partial charge on any atom is -0.508 e. The van der Waals surface area contributed by atoms with Crippen molar-refractivity contribution in [1.29, 1.82) is 0 Å². The van der Waals surface area contributed by atoms with Crippen molar-refractivity contribution in [3.8, 4) is 5.75 Å². The Labute approximate surface area is 102 Å². The molecule has 0 saturated carbocycles. The minimum absolute atomic E-state index is 0.133. The molecule has 1 aromatic rings. The molecule has 0 radical (unpaired) electrons. The van der Waals surface area contributed by atoms with Gasteiger partial charge in [-0.15, -0.1) is 0 Å². The van der Waals surface area contributed by atoms with Crippen molar-refractivity contribution in [3.63, 3.8) is 0 Å². The van der Waals surface area contributed by atoms with Crippen LogP contribution in [0.15, 0.2) is 24.3 Å². The first-order chi connectivity index (χ1) is 7.99. The fourth-order valence-corrected chi connectivity index (χ4v) is 1.41. The summed E-state index contributed by atoms with van der Waals surface area (Å²) in [5, 5.41) is 11.9. The van der Waals surface area contributed by atoms with E-state index in [0.29, 0.717) is 18.9 Å². The van der Waals surface area contributed by atoms with E-state index >= 15 is 0 Å². The molecule has 4 N–H and O–H groups in total.